The van der Waals surface area contributed by atoms with E-state index in [4.69, 9.17) is 16.6 Å². The first-order valence-electron chi connectivity index (χ1n) is 11.2. The van der Waals surface area contributed by atoms with Gasteiger partial charge in [0, 0.05) is 48.7 Å². The summed E-state index contributed by atoms with van der Waals surface area (Å²) in [4.78, 5) is 13.8. The van der Waals surface area contributed by atoms with Crippen LogP contribution in [0.25, 0.3) is 32.6 Å². The maximum Gasteiger partial charge on any atom is 0.243 e. The molecular formula is C24H21ClN6O2S2. The Morgan fingerprint density at radius 1 is 1.11 bits per heavy atom. The highest BCUT2D eigenvalue weighted by atomic mass is 35.5. The number of aromatic nitrogens is 5. The lowest BCUT2D eigenvalue weighted by molar-refractivity contribution is 0.278. The number of halogens is 1. The fourth-order valence-corrected chi connectivity index (χ4v) is 7.18. The molecule has 4 aromatic heterocycles. The zero-order valence-electron chi connectivity index (χ0n) is 18.8. The molecule has 1 aliphatic rings. The van der Waals surface area contributed by atoms with Gasteiger partial charge in [-0.25, -0.2) is 18.4 Å². The smallest absolute Gasteiger partial charge is 0.243 e. The van der Waals surface area contributed by atoms with E-state index in [1.165, 1.54) is 11.5 Å². The van der Waals surface area contributed by atoms with Gasteiger partial charge in [0.25, 0.3) is 0 Å². The van der Waals surface area contributed by atoms with Gasteiger partial charge < -0.3 is 4.57 Å². The first kappa shape index (κ1) is 22.5. The van der Waals surface area contributed by atoms with Crippen LogP contribution in [0.1, 0.15) is 24.6 Å². The van der Waals surface area contributed by atoms with Crippen LogP contribution in [0.2, 0.25) is 5.02 Å². The number of benzene rings is 1. The van der Waals surface area contributed by atoms with Crippen LogP contribution in [0.4, 0.5) is 0 Å². The number of imidazole rings is 1. The molecule has 1 saturated heterocycles. The first-order valence-corrected chi connectivity index (χ1v) is 13.8. The van der Waals surface area contributed by atoms with E-state index in [-0.39, 0.29) is 6.04 Å². The highest BCUT2D eigenvalue weighted by molar-refractivity contribution is 7.89. The van der Waals surface area contributed by atoms with Crippen LogP contribution in [0, 0.1) is 6.92 Å². The third-order valence-corrected chi connectivity index (χ3v) is 9.62. The van der Waals surface area contributed by atoms with Gasteiger partial charge in [0.15, 0.2) is 5.65 Å². The highest BCUT2D eigenvalue weighted by Crippen LogP contribution is 2.36. The van der Waals surface area contributed by atoms with Gasteiger partial charge in [0.05, 0.1) is 20.3 Å². The highest BCUT2D eigenvalue weighted by Gasteiger charge is 2.32. The SMILES string of the molecule is Cc1nsc2ccc(S(=O)(=O)N3CCC(n4c(-c5ccncc5Cl)nc5cccnc54)CC3)cc12. The summed E-state index contributed by atoms with van der Waals surface area (Å²) in [5, 5.41) is 1.40. The number of hydrogen-bond donors (Lipinski definition) is 0. The zero-order valence-corrected chi connectivity index (χ0v) is 21.2. The Bertz CT molecular complexity index is 1670. The van der Waals surface area contributed by atoms with E-state index in [9.17, 15) is 8.42 Å². The van der Waals surface area contributed by atoms with Crippen LogP contribution in [0.5, 0.6) is 0 Å². The summed E-state index contributed by atoms with van der Waals surface area (Å²) in [6, 6.07) is 10.9. The average molecular weight is 525 g/mol. The van der Waals surface area contributed by atoms with Gasteiger partial charge in [0.2, 0.25) is 10.0 Å². The van der Waals surface area contributed by atoms with E-state index >= 15 is 0 Å². The number of nitrogens with zero attached hydrogens (tertiary/aromatic N) is 6. The number of pyridine rings is 2. The van der Waals surface area contributed by atoms with Crippen LogP contribution in [-0.4, -0.2) is 49.7 Å². The second-order valence-corrected chi connectivity index (χ2v) is 11.7. The van der Waals surface area contributed by atoms with Crippen molar-refractivity contribution in [1.29, 1.82) is 0 Å². The lowest BCUT2D eigenvalue weighted by Gasteiger charge is -2.32. The third-order valence-electron chi connectivity index (χ3n) is 6.51. The van der Waals surface area contributed by atoms with E-state index in [0.29, 0.717) is 35.8 Å². The van der Waals surface area contributed by atoms with Crippen molar-refractivity contribution in [2.75, 3.05) is 13.1 Å². The fraction of sp³-hybridized carbons (Fsp3) is 0.250. The van der Waals surface area contributed by atoms with Crippen molar-refractivity contribution in [2.45, 2.75) is 30.7 Å². The molecule has 0 aliphatic carbocycles. The maximum atomic E-state index is 13.5. The van der Waals surface area contributed by atoms with Crippen LogP contribution in [0.15, 0.2) is 59.9 Å². The predicted molar refractivity (Wildman–Crippen MR) is 137 cm³/mol. The van der Waals surface area contributed by atoms with Gasteiger partial charge >= 0.3 is 0 Å². The van der Waals surface area contributed by atoms with Crippen molar-refractivity contribution in [3.05, 3.63) is 65.7 Å². The Balaban J connectivity index is 1.32. The van der Waals surface area contributed by atoms with E-state index in [0.717, 1.165) is 38.3 Å². The molecular weight excluding hydrogens is 504 g/mol. The summed E-state index contributed by atoms with van der Waals surface area (Å²) >= 11 is 7.85. The van der Waals surface area contributed by atoms with E-state index in [1.807, 2.05) is 31.2 Å². The van der Waals surface area contributed by atoms with Gasteiger partial charge in [-0.1, -0.05) is 11.6 Å². The minimum atomic E-state index is -3.61. The summed E-state index contributed by atoms with van der Waals surface area (Å²) < 4.78 is 35.9. The van der Waals surface area contributed by atoms with Gasteiger partial charge in [-0.2, -0.15) is 8.68 Å². The molecule has 1 aromatic carbocycles. The molecule has 11 heteroatoms. The van der Waals surface area contributed by atoms with Crippen molar-refractivity contribution in [3.8, 4) is 11.4 Å². The van der Waals surface area contributed by atoms with Crippen molar-refractivity contribution in [2.24, 2.45) is 0 Å². The summed E-state index contributed by atoms with van der Waals surface area (Å²) in [7, 11) is -3.61. The third kappa shape index (κ3) is 3.81. The van der Waals surface area contributed by atoms with Crippen LogP contribution in [0.3, 0.4) is 0 Å². The molecule has 0 atom stereocenters. The maximum absolute atomic E-state index is 13.5. The summed E-state index contributed by atoms with van der Waals surface area (Å²) in [5.41, 5.74) is 3.17. The second-order valence-electron chi connectivity index (χ2n) is 8.57. The molecule has 35 heavy (non-hydrogen) atoms. The lowest BCUT2D eigenvalue weighted by atomic mass is 10.1. The molecule has 0 saturated carbocycles. The van der Waals surface area contributed by atoms with Crippen molar-refractivity contribution in [1.82, 2.24) is 28.2 Å². The number of hydrogen-bond acceptors (Lipinski definition) is 7. The Labute approximate surface area is 211 Å². The zero-order chi connectivity index (χ0) is 24.2. The number of sulfonamides is 1. The van der Waals surface area contributed by atoms with E-state index in [2.05, 4.69) is 18.9 Å². The first-order chi connectivity index (χ1) is 16.9. The molecule has 0 unspecified atom stereocenters. The molecule has 8 nitrogen and oxygen atoms in total. The summed E-state index contributed by atoms with van der Waals surface area (Å²) in [6.45, 7) is 2.71. The molecule has 6 rings (SSSR count). The van der Waals surface area contributed by atoms with Crippen molar-refractivity contribution < 1.29 is 8.42 Å². The Morgan fingerprint density at radius 2 is 1.94 bits per heavy atom. The predicted octanol–water partition coefficient (Wildman–Crippen LogP) is 5.09. The van der Waals surface area contributed by atoms with Gasteiger partial charge in [0.1, 0.15) is 11.3 Å². The van der Waals surface area contributed by atoms with Crippen LogP contribution in [-0.2, 0) is 10.0 Å². The summed E-state index contributed by atoms with van der Waals surface area (Å²) in [5.74, 6) is 0.721. The molecule has 0 amide bonds. The van der Waals surface area contributed by atoms with E-state index in [1.54, 1.807) is 35.0 Å². The fourth-order valence-electron chi connectivity index (χ4n) is 4.71. The van der Waals surface area contributed by atoms with Crippen LogP contribution >= 0.6 is 23.1 Å². The molecule has 0 spiro atoms. The van der Waals surface area contributed by atoms with Crippen molar-refractivity contribution >= 4 is 54.4 Å². The van der Waals surface area contributed by atoms with Crippen molar-refractivity contribution in [3.63, 3.8) is 0 Å². The molecule has 5 heterocycles. The monoisotopic (exact) mass is 524 g/mol. The largest absolute Gasteiger partial charge is 0.305 e. The molecule has 1 aliphatic heterocycles. The minimum absolute atomic E-state index is 0.0337. The Kier molecular flexibility index (Phi) is 5.56. The number of aryl methyl sites for hydroxylation is 1. The molecule has 0 bridgehead atoms. The van der Waals surface area contributed by atoms with Gasteiger partial charge in [-0.15, -0.1) is 0 Å². The molecule has 178 valence electrons. The molecule has 1 fully saturated rings. The molecule has 0 N–H and O–H groups in total. The second kappa shape index (κ2) is 8.63. The lowest BCUT2D eigenvalue weighted by Crippen LogP contribution is -2.39. The minimum Gasteiger partial charge on any atom is -0.305 e. The van der Waals surface area contributed by atoms with Gasteiger partial charge in [-0.05, 0) is 67.7 Å². The summed E-state index contributed by atoms with van der Waals surface area (Å²) in [6.07, 6.45) is 6.31. The topological polar surface area (TPSA) is 93.9 Å². The Morgan fingerprint density at radius 3 is 2.74 bits per heavy atom. The van der Waals surface area contributed by atoms with Gasteiger partial charge in [-0.3, -0.25) is 4.98 Å². The number of rotatable bonds is 4. The van der Waals surface area contributed by atoms with Crippen LogP contribution < -0.4 is 0 Å². The Hall–Kier alpha value is -2.92. The number of piperidine rings is 1. The van der Waals surface area contributed by atoms with E-state index < -0.39 is 10.0 Å². The molecule has 5 aromatic rings. The quantitative estimate of drug-likeness (QED) is 0.325. The standard InChI is InChI=1S/C24H21ClN6O2S2/c1-15-19-13-17(4-5-22(19)34-29-15)35(32,33)30-11-7-16(8-12-30)31-23(18-6-10-26-14-20(18)25)28-21-3-2-9-27-24(21)31/h2-6,9-10,13-14,16H,7-8,11-12H2,1H3. The average Bonchev–Trinajstić information content (AvgIpc) is 3.45. The normalized spacial score (nSPS) is 15.8. The number of fused-ring (bicyclic) bond motifs is 2. The molecule has 0 radical (unpaired) electrons.